The van der Waals surface area contributed by atoms with Gasteiger partial charge >= 0.3 is 0 Å². The second-order valence-corrected chi connectivity index (χ2v) is 8.56. The van der Waals surface area contributed by atoms with Crippen molar-refractivity contribution < 1.29 is 4.79 Å². The summed E-state index contributed by atoms with van der Waals surface area (Å²) in [7, 11) is 0. The number of nitrogens with one attached hydrogen (secondary N) is 1. The Morgan fingerprint density at radius 1 is 1.38 bits per heavy atom. The highest BCUT2D eigenvalue weighted by Crippen LogP contribution is 2.35. The molecule has 0 spiro atoms. The molecule has 1 amide bonds. The highest BCUT2D eigenvalue weighted by atomic mass is 32.2. The normalized spacial score (nSPS) is 27.8. The predicted octanol–water partition coefficient (Wildman–Crippen LogP) is 3.49. The van der Waals surface area contributed by atoms with E-state index in [1.54, 1.807) is 11.3 Å². The van der Waals surface area contributed by atoms with Crippen LogP contribution in [0.5, 0.6) is 0 Å². The van der Waals surface area contributed by atoms with Gasteiger partial charge in [-0.2, -0.15) is 11.8 Å². The number of hydrogen-bond donors (Lipinski definition) is 1. The van der Waals surface area contributed by atoms with Crippen molar-refractivity contribution in [3.05, 3.63) is 22.4 Å². The zero-order chi connectivity index (χ0) is 14.8. The summed E-state index contributed by atoms with van der Waals surface area (Å²) in [5.74, 6) is 3.22. The van der Waals surface area contributed by atoms with Gasteiger partial charge in [0.1, 0.15) is 6.17 Å². The van der Waals surface area contributed by atoms with Gasteiger partial charge in [-0.05, 0) is 48.1 Å². The number of thioether (sulfide) groups is 1. The summed E-state index contributed by atoms with van der Waals surface area (Å²) in [6.07, 6.45) is 3.29. The molecule has 1 N–H and O–H groups in total. The Morgan fingerprint density at radius 2 is 2.14 bits per heavy atom. The lowest BCUT2D eigenvalue weighted by molar-refractivity contribution is -0.132. The third-order valence-electron chi connectivity index (χ3n) is 4.29. The molecule has 2 aliphatic heterocycles. The molecule has 2 atom stereocenters. The summed E-state index contributed by atoms with van der Waals surface area (Å²) in [6, 6.07) is 4.64. The molecule has 2 fully saturated rings. The largest absolute Gasteiger partial charge is 0.318 e. The summed E-state index contributed by atoms with van der Waals surface area (Å²) < 4.78 is 0. The first kappa shape index (κ1) is 15.4. The lowest BCUT2D eigenvalue weighted by atomic mass is 10.0. The Hall–Kier alpha value is -0.520. The SMILES string of the molecule is CC(C)CC1NC(c2cccs2)N(C2CCSCC2)C1=O. The van der Waals surface area contributed by atoms with E-state index in [1.807, 2.05) is 11.8 Å². The van der Waals surface area contributed by atoms with Gasteiger partial charge in [-0.25, -0.2) is 0 Å². The average molecular weight is 325 g/mol. The molecule has 1 aromatic rings. The quantitative estimate of drug-likeness (QED) is 0.920. The zero-order valence-electron chi connectivity index (χ0n) is 12.7. The summed E-state index contributed by atoms with van der Waals surface area (Å²) in [6.45, 7) is 4.38. The van der Waals surface area contributed by atoms with Crippen LogP contribution in [-0.4, -0.2) is 34.4 Å². The van der Waals surface area contributed by atoms with Crippen LogP contribution in [0, 0.1) is 5.92 Å². The van der Waals surface area contributed by atoms with Crippen molar-refractivity contribution in [2.75, 3.05) is 11.5 Å². The number of rotatable bonds is 4. The molecule has 3 rings (SSSR count). The van der Waals surface area contributed by atoms with E-state index in [0.29, 0.717) is 17.9 Å². The van der Waals surface area contributed by atoms with E-state index in [0.717, 1.165) is 19.3 Å². The molecule has 0 radical (unpaired) electrons. The number of thiophene rings is 1. The number of nitrogens with zero attached hydrogens (tertiary/aromatic N) is 1. The fraction of sp³-hybridized carbons (Fsp3) is 0.688. The van der Waals surface area contributed by atoms with Crippen LogP contribution in [0.4, 0.5) is 0 Å². The van der Waals surface area contributed by atoms with E-state index in [2.05, 4.69) is 41.6 Å². The maximum Gasteiger partial charge on any atom is 0.241 e. The van der Waals surface area contributed by atoms with Crippen LogP contribution in [0.15, 0.2) is 17.5 Å². The van der Waals surface area contributed by atoms with E-state index in [1.165, 1.54) is 16.4 Å². The smallest absolute Gasteiger partial charge is 0.241 e. The topological polar surface area (TPSA) is 32.3 Å². The van der Waals surface area contributed by atoms with Crippen LogP contribution in [0.1, 0.15) is 44.2 Å². The fourth-order valence-electron chi connectivity index (χ4n) is 3.31. The van der Waals surface area contributed by atoms with Crippen LogP contribution in [-0.2, 0) is 4.79 Å². The van der Waals surface area contributed by atoms with Gasteiger partial charge in [0.2, 0.25) is 5.91 Å². The van der Waals surface area contributed by atoms with Crippen LogP contribution in [0.3, 0.4) is 0 Å². The standard InChI is InChI=1S/C16H24N2OS2/c1-11(2)10-13-16(19)18(12-5-8-20-9-6-12)15(17-13)14-4-3-7-21-14/h3-4,7,11-13,15,17H,5-6,8-10H2,1-2H3. The molecule has 21 heavy (non-hydrogen) atoms. The molecule has 0 aromatic carbocycles. The van der Waals surface area contributed by atoms with Crippen molar-refractivity contribution in [1.82, 2.24) is 10.2 Å². The molecule has 3 heterocycles. The minimum atomic E-state index is -0.00770. The van der Waals surface area contributed by atoms with Gasteiger partial charge < -0.3 is 4.90 Å². The number of hydrogen-bond acceptors (Lipinski definition) is 4. The van der Waals surface area contributed by atoms with Crippen molar-refractivity contribution in [3.63, 3.8) is 0 Å². The van der Waals surface area contributed by atoms with E-state index in [4.69, 9.17) is 0 Å². The molecule has 3 nitrogen and oxygen atoms in total. The fourth-order valence-corrected chi connectivity index (χ4v) is 5.17. The van der Waals surface area contributed by atoms with Crippen LogP contribution in [0.2, 0.25) is 0 Å². The Morgan fingerprint density at radius 3 is 2.76 bits per heavy atom. The molecule has 1 aromatic heterocycles. The van der Waals surface area contributed by atoms with Gasteiger partial charge in [0.05, 0.1) is 6.04 Å². The Balaban J connectivity index is 1.83. The Bertz CT molecular complexity index is 469. The molecule has 0 saturated carbocycles. The van der Waals surface area contributed by atoms with E-state index >= 15 is 0 Å². The highest BCUT2D eigenvalue weighted by molar-refractivity contribution is 7.99. The summed E-state index contributed by atoms with van der Waals surface area (Å²) in [5.41, 5.74) is 0. The van der Waals surface area contributed by atoms with Crippen LogP contribution >= 0.6 is 23.1 Å². The van der Waals surface area contributed by atoms with Gasteiger partial charge in [0.15, 0.2) is 0 Å². The first-order chi connectivity index (χ1) is 10.2. The van der Waals surface area contributed by atoms with E-state index in [-0.39, 0.29) is 12.2 Å². The third-order valence-corrected chi connectivity index (χ3v) is 6.27. The van der Waals surface area contributed by atoms with Gasteiger partial charge in [0.25, 0.3) is 0 Å². The predicted molar refractivity (Wildman–Crippen MR) is 90.6 cm³/mol. The number of carbonyl (C=O) groups is 1. The van der Waals surface area contributed by atoms with Gasteiger partial charge in [-0.3, -0.25) is 10.1 Å². The lowest BCUT2D eigenvalue weighted by Gasteiger charge is -2.34. The first-order valence-corrected chi connectivity index (χ1v) is 9.89. The van der Waals surface area contributed by atoms with Crippen molar-refractivity contribution in [2.24, 2.45) is 5.92 Å². The van der Waals surface area contributed by atoms with Crippen molar-refractivity contribution in [2.45, 2.75) is 51.4 Å². The molecule has 0 bridgehead atoms. The minimum Gasteiger partial charge on any atom is -0.318 e. The molecular weight excluding hydrogens is 300 g/mol. The maximum atomic E-state index is 12.9. The lowest BCUT2D eigenvalue weighted by Crippen LogP contribution is -2.42. The molecule has 2 aliphatic rings. The first-order valence-electron chi connectivity index (χ1n) is 7.86. The van der Waals surface area contributed by atoms with Crippen molar-refractivity contribution in [1.29, 1.82) is 0 Å². The van der Waals surface area contributed by atoms with Crippen LogP contribution < -0.4 is 5.32 Å². The number of amides is 1. The molecule has 2 saturated heterocycles. The Labute approximate surface area is 135 Å². The van der Waals surface area contributed by atoms with Crippen LogP contribution in [0.25, 0.3) is 0 Å². The number of carbonyl (C=O) groups excluding carboxylic acids is 1. The van der Waals surface area contributed by atoms with E-state index in [9.17, 15) is 4.79 Å². The summed E-state index contributed by atoms with van der Waals surface area (Å²) in [4.78, 5) is 16.3. The second kappa shape index (κ2) is 6.71. The van der Waals surface area contributed by atoms with Gasteiger partial charge in [0, 0.05) is 10.9 Å². The van der Waals surface area contributed by atoms with Gasteiger partial charge in [-0.1, -0.05) is 19.9 Å². The Kier molecular flexibility index (Phi) is 4.92. The zero-order valence-corrected chi connectivity index (χ0v) is 14.4. The monoisotopic (exact) mass is 324 g/mol. The molecule has 116 valence electrons. The molecule has 5 heteroatoms. The van der Waals surface area contributed by atoms with Crippen molar-refractivity contribution >= 4 is 29.0 Å². The minimum absolute atomic E-state index is 0.00770. The molecular formula is C16H24N2OS2. The summed E-state index contributed by atoms with van der Waals surface area (Å²) >= 11 is 3.76. The van der Waals surface area contributed by atoms with Crippen molar-refractivity contribution in [3.8, 4) is 0 Å². The summed E-state index contributed by atoms with van der Waals surface area (Å²) in [5, 5.41) is 5.71. The second-order valence-electron chi connectivity index (χ2n) is 6.36. The maximum absolute atomic E-state index is 12.9. The third kappa shape index (κ3) is 3.30. The average Bonchev–Trinajstić information content (AvgIpc) is 3.08. The van der Waals surface area contributed by atoms with E-state index < -0.39 is 0 Å². The van der Waals surface area contributed by atoms with Gasteiger partial charge in [-0.15, -0.1) is 11.3 Å². The highest BCUT2D eigenvalue weighted by Gasteiger charge is 2.43. The molecule has 2 unspecified atom stereocenters. The molecule has 0 aliphatic carbocycles.